The molecule has 0 aromatic heterocycles. The number of nitrogens with zero attached hydrogens (tertiary/aromatic N) is 1. The summed E-state index contributed by atoms with van der Waals surface area (Å²) in [6.45, 7) is -0.197. The summed E-state index contributed by atoms with van der Waals surface area (Å²) in [7, 11) is 0. The molecule has 0 spiro atoms. The Labute approximate surface area is 148 Å². The number of fused-ring (bicyclic) bond motifs is 1. The molecule has 0 saturated carbocycles. The number of benzene rings is 1. The van der Waals surface area contributed by atoms with Crippen LogP contribution < -0.4 is 20.1 Å². The van der Waals surface area contributed by atoms with Crippen LogP contribution in [-0.4, -0.2) is 55.2 Å². The second-order valence-corrected chi connectivity index (χ2v) is 5.58. The van der Waals surface area contributed by atoms with Gasteiger partial charge in [-0.15, -0.1) is 0 Å². The number of esters is 1. The van der Waals surface area contributed by atoms with E-state index < -0.39 is 24.5 Å². The minimum atomic E-state index is -0.585. The average Bonchev–Trinajstić information content (AvgIpc) is 3.20. The molecule has 0 bridgehead atoms. The maximum Gasteiger partial charge on any atom is 0.324 e. The summed E-state index contributed by atoms with van der Waals surface area (Å²) in [5.74, 6) is -0.282. The summed E-state index contributed by atoms with van der Waals surface area (Å²) >= 11 is 0. The molecule has 1 fully saturated rings. The lowest BCUT2D eigenvalue weighted by Crippen LogP contribution is -2.32. The minimum absolute atomic E-state index is 0.00559. The molecule has 0 unspecified atom stereocenters. The van der Waals surface area contributed by atoms with Crippen molar-refractivity contribution >= 4 is 29.5 Å². The van der Waals surface area contributed by atoms with Crippen molar-refractivity contribution in [3.05, 3.63) is 18.2 Å². The van der Waals surface area contributed by atoms with Crippen molar-refractivity contribution in [3.63, 3.8) is 0 Å². The molecular formula is C16H17N3O7. The third-order valence-electron chi connectivity index (χ3n) is 3.72. The van der Waals surface area contributed by atoms with Crippen molar-refractivity contribution in [2.24, 2.45) is 0 Å². The van der Waals surface area contributed by atoms with E-state index >= 15 is 0 Å². The lowest BCUT2D eigenvalue weighted by atomic mass is 10.3. The van der Waals surface area contributed by atoms with Gasteiger partial charge < -0.3 is 24.8 Å². The van der Waals surface area contributed by atoms with Crippen molar-refractivity contribution in [3.8, 4) is 11.5 Å². The van der Waals surface area contributed by atoms with Crippen LogP contribution in [0.3, 0.4) is 0 Å². The SMILES string of the molecule is O=C(COC(=O)CCCN1C(=O)CNC1=O)Nc1ccc2c(c1)OCO2. The fraction of sp³-hybridized carbons (Fsp3) is 0.375. The zero-order chi connectivity index (χ0) is 18.5. The number of nitrogens with one attached hydrogen (secondary N) is 2. The van der Waals surface area contributed by atoms with Crippen molar-refractivity contribution in [1.29, 1.82) is 0 Å². The number of rotatable bonds is 7. The lowest BCUT2D eigenvalue weighted by Gasteiger charge is -2.11. The molecule has 10 nitrogen and oxygen atoms in total. The van der Waals surface area contributed by atoms with Crippen molar-refractivity contribution in [2.45, 2.75) is 12.8 Å². The van der Waals surface area contributed by atoms with Crippen LogP contribution in [-0.2, 0) is 19.1 Å². The fourth-order valence-corrected chi connectivity index (χ4v) is 2.45. The van der Waals surface area contributed by atoms with Crippen LogP contribution in [0.1, 0.15) is 12.8 Å². The van der Waals surface area contributed by atoms with Gasteiger partial charge in [-0.1, -0.05) is 0 Å². The van der Waals surface area contributed by atoms with Gasteiger partial charge in [-0.05, 0) is 18.6 Å². The zero-order valence-corrected chi connectivity index (χ0v) is 13.8. The van der Waals surface area contributed by atoms with E-state index in [2.05, 4.69) is 10.6 Å². The van der Waals surface area contributed by atoms with Crippen molar-refractivity contribution in [2.75, 3.05) is 31.8 Å². The summed E-state index contributed by atoms with van der Waals surface area (Å²) in [5.41, 5.74) is 0.494. The van der Waals surface area contributed by atoms with Gasteiger partial charge in [0.25, 0.3) is 5.91 Å². The van der Waals surface area contributed by atoms with Crippen LogP contribution >= 0.6 is 0 Å². The Morgan fingerprint density at radius 1 is 1.23 bits per heavy atom. The number of carbonyl (C=O) groups excluding carboxylic acids is 4. The maximum absolute atomic E-state index is 11.8. The van der Waals surface area contributed by atoms with Crippen LogP contribution in [0.5, 0.6) is 11.5 Å². The molecule has 3 rings (SSSR count). The molecule has 4 amide bonds. The van der Waals surface area contributed by atoms with Crippen molar-refractivity contribution in [1.82, 2.24) is 10.2 Å². The van der Waals surface area contributed by atoms with E-state index in [1.165, 1.54) is 0 Å². The molecule has 1 aromatic carbocycles. The van der Waals surface area contributed by atoms with Gasteiger partial charge in [0.15, 0.2) is 18.1 Å². The highest BCUT2D eigenvalue weighted by atomic mass is 16.7. The first-order valence-electron chi connectivity index (χ1n) is 7.96. The minimum Gasteiger partial charge on any atom is -0.456 e. The topological polar surface area (TPSA) is 123 Å². The molecule has 2 N–H and O–H groups in total. The predicted octanol–water partition coefficient (Wildman–Crippen LogP) is 0.229. The number of imide groups is 1. The smallest absolute Gasteiger partial charge is 0.324 e. The highest BCUT2D eigenvalue weighted by molar-refractivity contribution is 6.01. The molecule has 1 aromatic rings. The molecular weight excluding hydrogens is 346 g/mol. The van der Waals surface area contributed by atoms with Gasteiger partial charge in [-0.25, -0.2) is 4.79 Å². The summed E-state index contributed by atoms with van der Waals surface area (Å²) in [6.07, 6.45) is 0.260. The molecule has 10 heteroatoms. The molecule has 0 aliphatic carbocycles. The fourth-order valence-electron chi connectivity index (χ4n) is 2.45. The second kappa shape index (κ2) is 7.72. The Bertz CT molecular complexity index is 733. The van der Waals surface area contributed by atoms with E-state index in [9.17, 15) is 19.2 Å². The van der Waals surface area contributed by atoms with E-state index in [-0.39, 0.29) is 38.6 Å². The number of hydrogen-bond acceptors (Lipinski definition) is 7. The number of urea groups is 1. The Kier molecular flexibility index (Phi) is 5.20. The molecule has 2 heterocycles. The molecule has 1 saturated heterocycles. The third-order valence-corrected chi connectivity index (χ3v) is 3.72. The van der Waals surface area contributed by atoms with Crippen LogP contribution in [0.25, 0.3) is 0 Å². The van der Waals surface area contributed by atoms with E-state index in [4.69, 9.17) is 14.2 Å². The number of ether oxygens (including phenoxy) is 3. The monoisotopic (exact) mass is 363 g/mol. The number of anilines is 1. The van der Waals surface area contributed by atoms with E-state index in [0.717, 1.165) is 4.90 Å². The molecule has 2 aliphatic rings. The normalized spacial score (nSPS) is 15.0. The van der Waals surface area contributed by atoms with Gasteiger partial charge in [0.05, 0.1) is 6.54 Å². The number of hydrogen-bond donors (Lipinski definition) is 2. The largest absolute Gasteiger partial charge is 0.456 e. The van der Waals surface area contributed by atoms with Crippen LogP contribution in [0.15, 0.2) is 18.2 Å². The van der Waals surface area contributed by atoms with Gasteiger partial charge in [-0.3, -0.25) is 19.3 Å². The first-order valence-corrected chi connectivity index (χ1v) is 7.96. The van der Waals surface area contributed by atoms with Gasteiger partial charge in [0.2, 0.25) is 12.7 Å². The van der Waals surface area contributed by atoms with Gasteiger partial charge in [-0.2, -0.15) is 0 Å². The average molecular weight is 363 g/mol. The predicted molar refractivity (Wildman–Crippen MR) is 86.5 cm³/mol. The Hall–Kier alpha value is -3.30. The molecule has 2 aliphatic heterocycles. The number of amides is 4. The van der Waals surface area contributed by atoms with Gasteiger partial charge >= 0.3 is 12.0 Å². The standard InChI is InChI=1S/C16H17N3O7/c20-13(18-10-3-4-11-12(6-10)26-9-25-11)8-24-15(22)2-1-5-19-14(21)7-17-16(19)23/h3-4,6H,1-2,5,7-9H2,(H,17,23)(H,18,20). The Morgan fingerprint density at radius 3 is 2.81 bits per heavy atom. The number of carbonyl (C=O) groups is 4. The first-order chi connectivity index (χ1) is 12.5. The van der Waals surface area contributed by atoms with E-state index in [1.54, 1.807) is 18.2 Å². The van der Waals surface area contributed by atoms with Crippen LogP contribution in [0.2, 0.25) is 0 Å². The molecule has 26 heavy (non-hydrogen) atoms. The van der Waals surface area contributed by atoms with Gasteiger partial charge in [0.1, 0.15) is 0 Å². The van der Waals surface area contributed by atoms with Gasteiger partial charge in [0, 0.05) is 24.7 Å². The van der Waals surface area contributed by atoms with Crippen LogP contribution in [0, 0.1) is 0 Å². The molecule has 138 valence electrons. The lowest BCUT2D eigenvalue weighted by molar-refractivity contribution is -0.147. The molecule has 0 radical (unpaired) electrons. The summed E-state index contributed by atoms with van der Waals surface area (Å²) in [5, 5.41) is 4.97. The highest BCUT2D eigenvalue weighted by Gasteiger charge is 2.27. The zero-order valence-electron chi connectivity index (χ0n) is 13.8. The van der Waals surface area contributed by atoms with E-state index in [0.29, 0.717) is 17.2 Å². The highest BCUT2D eigenvalue weighted by Crippen LogP contribution is 2.34. The molecule has 0 atom stereocenters. The maximum atomic E-state index is 11.8. The third kappa shape index (κ3) is 4.21. The quantitative estimate of drug-likeness (QED) is 0.525. The summed E-state index contributed by atoms with van der Waals surface area (Å²) in [4.78, 5) is 47.2. The first kappa shape index (κ1) is 17.5. The van der Waals surface area contributed by atoms with Crippen molar-refractivity contribution < 1.29 is 33.4 Å². The summed E-state index contributed by atoms with van der Waals surface area (Å²) in [6, 6.07) is 4.46. The van der Waals surface area contributed by atoms with Crippen LogP contribution in [0.4, 0.5) is 10.5 Å². The Morgan fingerprint density at radius 2 is 2.04 bits per heavy atom. The van der Waals surface area contributed by atoms with E-state index in [1.807, 2.05) is 0 Å². The summed E-state index contributed by atoms with van der Waals surface area (Å²) < 4.78 is 15.3. The Balaban J connectivity index is 1.35. The second-order valence-electron chi connectivity index (χ2n) is 5.58.